The number of benzene rings is 2. The van der Waals surface area contributed by atoms with Crippen LogP contribution in [0.15, 0.2) is 54.6 Å². The third-order valence-electron chi connectivity index (χ3n) is 6.51. The third-order valence-corrected chi connectivity index (χ3v) is 6.51. The fourth-order valence-corrected chi connectivity index (χ4v) is 4.68. The molecule has 3 atom stereocenters. The molecule has 0 heterocycles. The van der Waals surface area contributed by atoms with Gasteiger partial charge in [-0.3, -0.25) is 0 Å². The molecule has 1 aliphatic carbocycles. The number of likely N-dealkylation sites (N-methyl/N-ethyl adjacent to an activating group) is 1. The lowest BCUT2D eigenvalue weighted by Crippen LogP contribution is -2.36. The van der Waals surface area contributed by atoms with Crippen molar-refractivity contribution in [1.82, 2.24) is 4.90 Å². The van der Waals surface area contributed by atoms with Gasteiger partial charge in [-0.1, -0.05) is 68.4 Å². The van der Waals surface area contributed by atoms with Crippen LogP contribution in [-0.2, 0) is 12.8 Å². The van der Waals surface area contributed by atoms with Crippen LogP contribution in [0.25, 0.3) is 0 Å². The molecule has 0 aliphatic heterocycles. The molecule has 3 unspecified atom stereocenters. The number of rotatable bonds is 10. The first-order chi connectivity index (χ1) is 13.7. The van der Waals surface area contributed by atoms with Crippen LogP contribution in [0.4, 0.5) is 4.39 Å². The molecule has 0 N–H and O–H groups in total. The average Bonchev–Trinajstić information content (AvgIpc) is 3.18. The molecule has 1 saturated carbocycles. The number of aryl methyl sites for hydroxylation is 1. The number of hydrogen-bond donors (Lipinski definition) is 0. The van der Waals surface area contributed by atoms with Gasteiger partial charge in [-0.25, -0.2) is 4.39 Å². The Balaban J connectivity index is 1.50. The Morgan fingerprint density at radius 3 is 2.25 bits per heavy atom. The lowest BCUT2D eigenvalue weighted by Gasteiger charge is -2.30. The van der Waals surface area contributed by atoms with E-state index in [-0.39, 0.29) is 0 Å². The highest BCUT2D eigenvalue weighted by Gasteiger charge is 2.25. The Kier molecular flexibility index (Phi) is 8.09. The molecular formula is C26H36FN. The van der Waals surface area contributed by atoms with E-state index in [1.165, 1.54) is 29.5 Å². The molecule has 1 nitrogen and oxygen atoms in total. The summed E-state index contributed by atoms with van der Waals surface area (Å²) < 4.78 is 13.5. The van der Waals surface area contributed by atoms with Gasteiger partial charge in [-0.2, -0.15) is 0 Å². The van der Waals surface area contributed by atoms with E-state index in [2.05, 4.69) is 73.3 Å². The highest BCUT2D eigenvalue weighted by molar-refractivity contribution is 5.26. The SMILES string of the molecule is CCC(CCc1ccc(C2CCC(F)C2)cc1)N(CC)CCc1ccccc1. The van der Waals surface area contributed by atoms with Crippen LogP contribution in [0.1, 0.15) is 68.6 Å². The zero-order valence-electron chi connectivity index (χ0n) is 17.6. The Bertz CT molecular complexity index is 681. The lowest BCUT2D eigenvalue weighted by atomic mass is 9.95. The standard InChI is InChI=1S/C26H36FN/c1-3-26(28(4-2)19-18-21-8-6-5-7-9-21)17-12-22-10-13-23(14-11-22)24-15-16-25(27)20-24/h5-11,13-14,24-26H,3-4,12,15-20H2,1-2H3. The largest absolute Gasteiger partial charge is 0.300 e. The van der Waals surface area contributed by atoms with Gasteiger partial charge in [0.1, 0.15) is 6.17 Å². The minimum atomic E-state index is -0.592. The van der Waals surface area contributed by atoms with Crippen LogP contribution >= 0.6 is 0 Å². The van der Waals surface area contributed by atoms with Crippen molar-refractivity contribution in [3.8, 4) is 0 Å². The summed E-state index contributed by atoms with van der Waals surface area (Å²) in [6.45, 7) is 6.83. The maximum absolute atomic E-state index is 13.5. The van der Waals surface area contributed by atoms with Crippen molar-refractivity contribution in [2.24, 2.45) is 0 Å². The van der Waals surface area contributed by atoms with E-state index in [9.17, 15) is 4.39 Å². The minimum Gasteiger partial charge on any atom is -0.300 e. The summed E-state index contributed by atoms with van der Waals surface area (Å²) >= 11 is 0. The quantitative estimate of drug-likeness (QED) is 0.450. The Morgan fingerprint density at radius 1 is 0.929 bits per heavy atom. The minimum absolute atomic E-state index is 0.431. The van der Waals surface area contributed by atoms with Crippen LogP contribution in [0, 0.1) is 0 Å². The van der Waals surface area contributed by atoms with Gasteiger partial charge < -0.3 is 4.90 Å². The summed E-state index contributed by atoms with van der Waals surface area (Å²) in [6, 6.07) is 20.5. The first-order valence-electron chi connectivity index (χ1n) is 11.2. The monoisotopic (exact) mass is 381 g/mol. The molecule has 152 valence electrons. The number of hydrogen-bond acceptors (Lipinski definition) is 1. The second kappa shape index (κ2) is 10.8. The van der Waals surface area contributed by atoms with Gasteiger partial charge in [0.05, 0.1) is 0 Å². The van der Waals surface area contributed by atoms with Crippen molar-refractivity contribution in [3.63, 3.8) is 0 Å². The van der Waals surface area contributed by atoms with Crippen LogP contribution in [0.5, 0.6) is 0 Å². The maximum Gasteiger partial charge on any atom is 0.101 e. The predicted octanol–water partition coefficient (Wildman–Crippen LogP) is 6.57. The first kappa shape index (κ1) is 21.0. The second-order valence-electron chi connectivity index (χ2n) is 8.31. The average molecular weight is 382 g/mol. The van der Waals surface area contributed by atoms with Crippen molar-refractivity contribution in [3.05, 3.63) is 71.3 Å². The van der Waals surface area contributed by atoms with Gasteiger partial charge in [0.25, 0.3) is 0 Å². The van der Waals surface area contributed by atoms with E-state index in [1.807, 2.05) is 0 Å². The number of nitrogens with zero attached hydrogens (tertiary/aromatic N) is 1. The molecule has 0 saturated heterocycles. The van der Waals surface area contributed by atoms with Gasteiger partial charge in [-0.15, -0.1) is 0 Å². The van der Waals surface area contributed by atoms with Crippen molar-refractivity contribution >= 4 is 0 Å². The summed E-state index contributed by atoms with van der Waals surface area (Å²) in [4.78, 5) is 2.64. The van der Waals surface area contributed by atoms with Gasteiger partial charge in [-0.05, 0) is 74.1 Å². The molecule has 0 amide bonds. The third kappa shape index (κ3) is 5.91. The van der Waals surface area contributed by atoms with E-state index >= 15 is 0 Å². The highest BCUT2D eigenvalue weighted by Crippen LogP contribution is 2.36. The molecule has 1 fully saturated rings. The van der Waals surface area contributed by atoms with Crippen molar-refractivity contribution < 1.29 is 4.39 Å². The molecule has 0 spiro atoms. The van der Waals surface area contributed by atoms with E-state index in [0.29, 0.717) is 18.4 Å². The molecule has 28 heavy (non-hydrogen) atoms. The highest BCUT2D eigenvalue weighted by atomic mass is 19.1. The summed E-state index contributed by atoms with van der Waals surface area (Å²) in [5, 5.41) is 0. The predicted molar refractivity (Wildman–Crippen MR) is 118 cm³/mol. The number of halogens is 1. The van der Waals surface area contributed by atoms with E-state index in [0.717, 1.165) is 38.8 Å². The molecule has 2 heteroatoms. The Morgan fingerprint density at radius 2 is 1.64 bits per heavy atom. The zero-order chi connectivity index (χ0) is 19.8. The van der Waals surface area contributed by atoms with Gasteiger partial charge >= 0.3 is 0 Å². The van der Waals surface area contributed by atoms with Crippen LogP contribution in [0.3, 0.4) is 0 Å². The van der Waals surface area contributed by atoms with Gasteiger partial charge in [0.15, 0.2) is 0 Å². The zero-order valence-corrected chi connectivity index (χ0v) is 17.6. The second-order valence-corrected chi connectivity index (χ2v) is 8.31. The fourth-order valence-electron chi connectivity index (χ4n) is 4.68. The van der Waals surface area contributed by atoms with Gasteiger partial charge in [0, 0.05) is 12.6 Å². The molecule has 0 bridgehead atoms. The van der Waals surface area contributed by atoms with E-state index in [4.69, 9.17) is 0 Å². The molecule has 0 aromatic heterocycles. The maximum atomic E-state index is 13.5. The molecule has 0 radical (unpaired) electrons. The van der Waals surface area contributed by atoms with E-state index in [1.54, 1.807) is 0 Å². The van der Waals surface area contributed by atoms with Crippen molar-refractivity contribution in [2.45, 2.75) is 76.9 Å². The lowest BCUT2D eigenvalue weighted by molar-refractivity contribution is 0.193. The van der Waals surface area contributed by atoms with Crippen LogP contribution < -0.4 is 0 Å². The topological polar surface area (TPSA) is 3.24 Å². The van der Waals surface area contributed by atoms with Crippen LogP contribution in [0.2, 0.25) is 0 Å². The summed E-state index contributed by atoms with van der Waals surface area (Å²) in [6.07, 6.45) is 6.50. The molecule has 2 aromatic rings. The summed E-state index contributed by atoms with van der Waals surface area (Å²) in [7, 11) is 0. The molecule has 2 aromatic carbocycles. The molecule has 3 rings (SSSR count). The summed E-state index contributed by atoms with van der Waals surface area (Å²) in [5.74, 6) is 0.431. The first-order valence-corrected chi connectivity index (χ1v) is 11.2. The van der Waals surface area contributed by atoms with Gasteiger partial charge in [0.2, 0.25) is 0 Å². The van der Waals surface area contributed by atoms with E-state index < -0.39 is 6.17 Å². The molecule has 1 aliphatic rings. The Hall–Kier alpha value is -1.67. The van der Waals surface area contributed by atoms with Crippen molar-refractivity contribution in [1.29, 1.82) is 0 Å². The smallest absolute Gasteiger partial charge is 0.101 e. The fraction of sp³-hybridized carbons (Fsp3) is 0.538. The number of alkyl halides is 1. The van der Waals surface area contributed by atoms with Crippen molar-refractivity contribution in [2.75, 3.05) is 13.1 Å². The molecular weight excluding hydrogens is 345 g/mol. The Labute approximate surface area is 171 Å². The normalized spacial score (nSPS) is 20.6. The summed E-state index contributed by atoms with van der Waals surface area (Å²) in [5.41, 5.74) is 4.17. The van der Waals surface area contributed by atoms with Crippen LogP contribution in [-0.4, -0.2) is 30.2 Å².